The Morgan fingerprint density at radius 1 is 1.57 bits per heavy atom. The fraction of sp³-hybridized carbons (Fsp3) is 0.733. The smallest absolute Gasteiger partial charge is 0.194 e. The fourth-order valence-electron chi connectivity index (χ4n) is 2.78. The molecule has 0 spiro atoms. The molecule has 1 unspecified atom stereocenters. The Morgan fingerprint density at radius 3 is 3.00 bits per heavy atom. The van der Waals surface area contributed by atoms with Gasteiger partial charge in [0.2, 0.25) is 0 Å². The number of hydrogen-bond donors (Lipinski definition) is 1. The largest absolute Gasteiger partial charge is 0.364 e. The van der Waals surface area contributed by atoms with E-state index in [4.69, 9.17) is 4.52 Å². The lowest BCUT2D eigenvalue weighted by Crippen LogP contribution is -2.40. The Morgan fingerprint density at radius 2 is 2.38 bits per heavy atom. The molecule has 0 bridgehead atoms. The monoisotopic (exact) mass is 406 g/mol. The lowest BCUT2D eigenvalue weighted by molar-refractivity contribution is 0.402. The maximum absolute atomic E-state index is 4.84. The average Bonchev–Trinajstić information content (AvgIpc) is 3.05. The Balaban J connectivity index is 0.00000220. The molecule has 6 heteroatoms. The topological polar surface area (TPSA) is 53.7 Å². The third-order valence-corrected chi connectivity index (χ3v) is 3.61. The zero-order chi connectivity index (χ0) is 14.4. The molecule has 1 aromatic heterocycles. The van der Waals surface area contributed by atoms with Crippen LogP contribution < -0.4 is 5.32 Å². The van der Waals surface area contributed by atoms with Gasteiger partial charge in [-0.3, -0.25) is 0 Å². The van der Waals surface area contributed by atoms with Crippen molar-refractivity contribution in [3.05, 3.63) is 18.0 Å². The summed E-state index contributed by atoms with van der Waals surface area (Å²) < 4.78 is 4.84. The third kappa shape index (κ3) is 5.84. The molecule has 1 aromatic rings. The number of hydrogen-bond acceptors (Lipinski definition) is 3. The van der Waals surface area contributed by atoms with E-state index in [1.165, 1.54) is 12.8 Å². The molecule has 120 valence electrons. The van der Waals surface area contributed by atoms with Crippen molar-refractivity contribution in [2.45, 2.75) is 40.2 Å². The molecular weight excluding hydrogens is 379 g/mol. The molecule has 0 amide bonds. The number of likely N-dealkylation sites (tertiary alicyclic amines) is 1. The summed E-state index contributed by atoms with van der Waals surface area (Å²) in [6.07, 6.45) is 4.16. The summed E-state index contributed by atoms with van der Waals surface area (Å²) in [4.78, 5) is 7.03. The van der Waals surface area contributed by atoms with Gasteiger partial charge in [0.05, 0.1) is 6.54 Å². The summed E-state index contributed by atoms with van der Waals surface area (Å²) in [5.74, 6) is 2.57. The van der Waals surface area contributed by atoms with E-state index in [0.29, 0.717) is 6.54 Å². The maximum Gasteiger partial charge on any atom is 0.194 e. The molecule has 1 N–H and O–H groups in total. The number of guanidine groups is 1. The van der Waals surface area contributed by atoms with E-state index in [1.807, 2.05) is 6.07 Å². The van der Waals surface area contributed by atoms with Crippen LogP contribution in [0.4, 0.5) is 0 Å². The first kappa shape index (κ1) is 18.3. The van der Waals surface area contributed by atoms with Crippen molar-refractivity contribution in [3.8, 4) is 0 Å². The first-order valence-electron chi connectivity index (χ1n) is 7.61. The zero-order valence-electron chi connectivity index (χ0n) is 13.2. The van der Waals surface area contributed by atoms with Gasteiger partial charge in [0.1, 0.15) is 12.0 Å². The zero-order valence-corrected chi connectivity index (χ0v) is 15.5. The summed E-state index contributed by atoms with van der Waals surface area (Å²) >= 11 is 0. The van der Waals surface area contributed by atoms with Crippen molar-refractivity contribution < 1.29 is 4.52 Å². The van der Waals surface area contributed by atoms with Crippen molar-refractivity contribution in [2.75, 3.05) is 19.6 Å². The van der Waals surface area contributed by atoms with Gasteiger partial charge >= 0.3 is 0 Å². The van der Waals surface area contributed by atoms with Crippen LogP contribution in [-0.4, -0.2) is 35.7 Å². The highest BCUT2D eigenvalue weighted by atomic mass is 127. The highest BCUT2D eigenvalue weighted by molar-refractivity contribution is 14.0. The predicted molar refractivity (Wildman–Crippen MR) is 95.9 cm³/mol. The van der Waals surface area contributed by atoms with Crippen LogP contribution in [-0.2, 0) is 6.54 Å². The molecule has 0 aliphatic carbocycles. The SMILES string of the molecule is CCNC(=NCc1ccon1)N1CCC(CC(C)C)C1.I. The minimum absolute atomic E-state index is 0. The quantitative estimate of drug-likeness (QED) is 0.464. The van der Waals surface area contributed by atoms with Crippen molar-refractivity contribution in [1.29, 1.82) is 0 Å². The van der Waals surface area contributed by atoms with Crippen molar-refractivity contribution >= 4 is 29.9 Å². The molecule has 1 fully saturated rings. The van der Waals surface area contributed by atoms with E-state index in [2.05, 4.69) is 41.1 Å². The maximum atomic E-state index is 4.84. The number of nitrogens with zero attached hydrogens (tertiary/aromatic N) is 3. The highest BCUT2D eigenvalue weighted by Gasteiger charge is 2.25. The predicted octanol–water partition coefficient (Wildman–Crippen LogP) is 3.13. The van der Waals surface area contributed by atoms with Crippen LogP contribution in [0.1, 0.15) is 39.3 Å². The normalized spacial score (nSPS) is 19.0. The molecule has 2 heterocycles. The van der Waals surface area contributed by atoms with Gasteiger partial charge in [0, 0.05) is 25.7 Å². The van der Waals surface area contributed by atoms with E-state index in [1.54, 1.807) is 6.26 Å². The molecule has 1 atom stereocenters. The van der Waals surface area contributed by atoms with Gasteiger partial charge in [-0.15, -0.1) is 24.0 Å². The first-order chi connectivity index (χ1) is 9.69. The highest BCUT2D eigenvalue weighted by Crippen LogP contribution is 2.23. The van der Waals surface area contributed by atoms with Crippen LogP contribution >= 0.6 is 24.0 Å². The summed E-state index contributed by atoms with van der Waals surface area (Å²) in [6.45, 7) is 10.4. The van der Waals surface area contributed by atoms with Crippen LogP contribution in [0.25, 0.3) is 0 Å². The lowest BCUT2D eigenvalue weighted by atomic mass is 9.97. The molecule has 21 heavy (non-hydrogen) atoms. The van der Waals surface area contributed by atoms with Crippen LogP contribution in [0.3, 0.4) is 0 Å². The molecular formula is C15H27IN4O. The third-order valence-electron chi connectivity index (χ3n) is 3.61. The van der Waals surface area contributed by atoms with E-state index < -0.39 is 0 Å². The molecule has 0 radical (unpaired) electrons. The van der Waals surface area contributed by atoms with E-state index >= 15 is 0 Å². The van der Waals surface area contributed by atoms with Crippen molar-refractivity contribution in [1.82, 2.24) is 15.4 Å². The first-order valence-corrected chi connectivity index (χ1v) is 7.61. The molecule has 0 aromatic carbocycles. The second kappa shape index (κ2) is 9.27. The van der Waals surface area contributed by atoms with Gasteiger partial charge < -0.3 is 14.7 Å². The Bertz CT molecular complexity index is 419. The molecule has 2 rings (SSSR count). The number of aromatic nitrogens is 1. The van der Waals surface area contributed by atoms with Gasteiger partial charge in [-0.25, -0.2) is 4.99 Å². The van der Waals surface area contributed by atoms with E-state index in [0.717, 1.165) is 43.1 Å². The lowest BCUT2D eigenvalue weighted by Gasteiger charge is -2.22. The summed E-state index contributed by atoms with van der Waals surface area (Å²) in [5, 5.41) is 7.28. The summed E-state index contributed by atoms with van der Waals surface area (Å²) in [5.41, 5.74) is 0.873. The fourth-order valence-corrected chi connectivity index (χ4v) is 2.78. The van der Waals surface area contributed by atoms with Gasteiger partial charge in [-0.05, 0) is 31.6 Å². The minimum Gasteiger partial charge on any atom is -0.364 e. The standard InChI is InChI=1S/C15H26N4O.HI/c1-4-16-15(17-10-14-6-8-20-18-14)19-7-5-13(11-19)9-12(2)3;/h6,8,12-13H,4-5,7,9-11H2,1-3H3,(H,16,17);1H. The molecule has 1 saturated heterocycles. The van der Waals surface area contributed by atoms with Crippen LogP contribution in [0.5, 0.6) is 0 Å². The number of halogens is 1. The van der Waals surface area contributed by atoms with Gasteiger partial charge in [0.25, 0.3) is 0 Å². The molecule has 0 saturated carbocycles. The number of nitrogens with one attached hydrogen (secondary N) is 1. The van der Waals surface area contributed by atoms with Crippen LogP contribution in [0.2, 0.25) is 0 Å². The Hall–Kier alpha value is -0.790. The number of rotatable bonds is 5. The molecule has 1 aliphatic heterocycles. The second-order valence-electron chi connectivity index (χ2n) is 5.89. The van der Waals surface area contributed by atoms with Gasteiger partial charge in [-0.2, -0.15) is 0 Å². The molecule has 5 nitrogen and oxygen atoms in total. The summed E-state index contributed by atoms with van der Waals surface area (Å²) in [7, 11) is 0. The Labute approximate surface area is 144 Å². The van der Waals surface area contributed by atoms with Crippen LogP contribution in [0, 0.1) is 11.8 Å². The van der Waals surface area contributed by atoms with E-state index in [-0.39, 0.29) is 24.0 Å². The number of aliphatic imine (C=N–C) groups is 1. The van der Waals surface area contributed by atoms with Gasteiger partial charge in [0.15, 0.2) is 5.96 Å². The van der Waals surface area contributed by atoms with Crippen LogP contribution in [0.15, 0.2) is 21.8 Å². The summed E-state index contributed by atoms with van der Waals surface area (Å²) in [6, 6.07) is 1.86. The minimum atomic E-state index is 0. The average molecular weight is 406 g/mol. The molecule has 1 aliphatic rings. The Kier molecular flexibility index (Phi) is 8.06. The van der Waals surface area contributed by atoms with Crippen molar-refractivity contribution in [3.63, 3.8) is 0 Å². The van der Waals surface area contributed by atoms with E-state index in [9.17, 15) is 0 Å². The van der Waals surface area contributed by atoms with Crippen molar-refractivity contribution in [2.24, 2.45) is 16.8 Å². The van der Waals surface area contributed by atoms with Gasteiger partial charge in [-0.1, -0.05) is 19.0 Å². The second-order valence-corrected chi connectivity index (χ2v) is 5.89.